The predicted octanol–water partition coefficient (Wildman–Crippen LogP) is 18.1. The molecule has 0 aliphatic carbocycles. The zero-order chi connectivity index (χ0) is 52.0. The van der Waals surface area contributed by atoms with Crippen molar-refractivity contribution in [1.82, 2.24) is 29.9 Å². The summed E-state index contributed by atoms with van der Waals surface area (Å²) in [4.78, 5) is 31.0. The molecule has 366 valence electrons. The van der Waals surface area contributed by atoms with Gasteiger partial charge in [-0.2, -0.15) is 0 Å². The summed E-state index contributed by atoms with van der Waals surface area (Å²) >= 11 is 0. The quantitative estimate of drug-likeness (QED) is 0.121. The van der Waals surface area contributed by atoms with E-state index in [4.69, 9.17) is 29.9 Å². The van der Waals surface area contributed by atoms with Crippen LogP contribution in [0.25, 0.3) is 135 Å². The number of benzene rings is 9. The van der Waals surface area contributed by atoms with Crippen LogP contribution in [0.15, 0.2) is 291 Å². The maximum absolute atomic E-state index is 5.18. The average molecular weight is 997 g/mol. The Balaban J connectivity index is 0.833. The minimum Gasteiger partial charge on any atom is -0.248 e. The smallest absolute Gasteiger partial charge is 0.160 e. The summed E-state index contributed by atoms with van der Waals surface area (Å²) in [5.74, 6) is 1.30. The van der Waals surface area contributed by atoms with Crippen LogP contribution in [0.3, 0.4) is 0 Å². The lowest BCUT2D eigenvalue weighted by atomic mass is 9.99. The summed E-state index contributed by atoms with van der Waals surface area (Å²) in [5.41, 5.74) is 21.3. The number of rotatable bonds is 12. The van der Waals surface area contributed by atoms with E-state index in [0.717, 1.165) is 123 Å². The van der Waals surface area contributed by atoms with Crippen molar-refractivity contribution in [3.05, 3.63) is 291 Å². The Bertz CT molecular complexity index is 3790. The fraction of sp³-hybridized carbons (Fsp3) is 0. The molecule has 0 saturated carbocycles. The number of pyridine rings is 2. The highest BCUT2D eigenvalue weighted by Gasteiger charge is 2.16. The molecule has 0 amide bonds. The lowest BCUT2D eigenvalue weighted by molar-refractivity contribution is 1.18. The third kappa shape index (κ3) is 10.2. The third-order valence-corrected chi connectivity index (χ3v) is 13.9. The number of aromatic nitrogens is 6. The molecule has 6 heteroatoms. The van der Waals surface area contributed by atoms with E-state index >= 15 is 0 Å². The molecule has 13 rings (SSSR count). The topological polar surface area (TPSA) is 77.3 Å². The summed E-state index contributed by atoms with van der Waals surface area (Å²) in [5, 5.41) is 0. The van der Waals surface area contributed by atoms with Gasteiger partial charge in [0.2, 0.25) is 0 Å². The van der Waals surface area contributed by atoms with Gasteiger partial charge in [0.25, 0.3) is 0 Å². The normalized spacial score (nSPS) is 11.1. The van der Waals surface area contributed by atoms with Crippen molar-refractivity contribution in [2.45, 2.75) is 0 Å². The first-order valence-electron chi connectivity index (χ1n) is 26.1. The minimum absolute atomic E-state index is 0.649. The van der Waals surface area contributed by atoms with Gasteiger partial charge in [-0.05, 0) is 58.7 Å². The second-order valence-electron chi connectivity index (χ2n) is 19.1. The molecule has 0 atom stereocenters. The van der Waals surface area contributed by atoms with E-state index in [1.54, 1.807) is 0 Å². The molecule has 13 aromatic rings. The van der Waals surface area contributed by atoms with Gasteiger partial charge in [-0.1, -0.05) is 255 Å². The molecule has 0 aliphatic heterocycles. The molecular formula is C72H48N6. The van der Waals surface area contributed by atoms with Gasteiger partial charge >= 0.3 is 0 Å². The molecule has 9 aromatic carbocycles. The minimum atomic E-state index is 0.649. The first-order chi connectivity index (χ1) is 38.6. The maximum atomic E-state index is 5.18. The molecule has 0 bridgehead atoms. The van der Waals surface area contributed by atoms with Crippen LogP contribution in [0.4, 0.5) is 0 Å². The lowest BCUT2D eigenvalue weighted by Crippen LogP contribution is -1.97. The Morgan fingerprint density at radius 3 is 0.538 bits per heavy atom. The van der Waals surface area contributed by atoms with Gasteiger partial charge in [0.05, 0.1) is 45.6 Å². The largest absolute Gasteiger partial charge is 0.248 e. The molecule has 0 unspecified atom stereocenters. The van der Waals surface area contributed by atoms with Crippen molar-refractivity contribution in [3.8, 4) is 135 Å². The fourth-order valence-electron chi connectivity index (χ4n) is 9.82. The Morgan fingerprint density at radius 1 is 0.128 bits per heavy atom. The number of hydrogen-bond donors (Lipinski definition) is 0. The van der Waals surface area contributed by atoms with Crippen LogP contribution < -0.4 is 0 Å². The van der Waals surface area contributed by atoms with Crippen LogP contribution in [-0.4, -0.2) is 29.9 Å². The van der Waals surface area contributed by atoms with Crippen LogP contribution in [-0.2, 0) is 0 Å². The van der Waals surface area contributed by atoms with Crippen LogP contribution in [0.5, 0.6) is 0 Å². The molecular weight excluding hydrogens is 949 g/mol. The Hall–Kier alpha value is -10.6. The molecule has 0 N–H and O–H groups in total. The molecule has 0 spiro atoms. The van der Waals surface area contributed by atoms with E-state index < -0.39 is 0 Å². The van der Waals surface area contributed by atoms with Crippen molar-refractivity contribution in [1.29, 1.82) is 0 Å². The molecule has 78 heavy (non-hydrogen) atoms. The SMILES string of the molecule is c1ccc(-c2cc(-c3ccccc3)nc(-c3ccc(-c4cc(-c5ccc(-c6cc(-c7ccc(-c8cc(-c9ccccc9)cc(-c9ccccc9)n8)cc7)nc(-c7ccccc7)n6)cc5)nc(-c5ccccc5)n4)cc3)c2)cc1. The van der Waals surface area contributed by atoms with E-state index in [1.807, 2.05) is 60.7 Å². The van der Waals surface area contributed by atoms with E-state index in [2.05, 4.69) is 231 Å². The van der Waals surface area contributed by atoms with Crippen LogP contribution in [0, 0.1) is 0 Å². The molecule has 6 nitrogen and oxygen atoms in total. The molecule has 4 heterocycles. The molecule has 0 saturated heterocycles. The summed E-state index contributed by atoms with van der Waals surface area (Å²) in [6, 6.07) is 100. The first kappa shape index (κ1) is 47.2. The monoisotopic (exact) mass is 996 g/mol. The Kier molecular flexibility index (Phi) is 12.9. The van der Waals surface area contributed by atoms with Gasteiger partial charge in [0.15, 0.2) is 11.6 Å². The second-order valence-corrected chi connectivity index (χ2v) is 19.1. The molecule has 4 aromatic heterocycles. The maximum Gasteiger partial charge on any atom is 0.160 e. The lowest BCUT2D eigenvalue weighted by Gasteiger charge is -2.13. The average Bonchev–Trinajstić information content (AvgIpc) is 3.54. The van der Waals surface area contributed by atoms with Gasteiger partial charge in [-0.3, -0.25) is 0 Å². The zero-order valence-electron chi connectivity index (χ0n) is 42.4. The number of nitrogens with zero attached hydrogens (tertiary/aromatic N) is 6. The Labute approximate surface area is 453 Å². The van der Waals surface area contributed by atoms with Gasteiger partial charge < -0.3 is 0 Å². The third-order valence-electron chi connectivity index (χ3n) is 13.9. The van der Waals surface area contributed by atoms with Crippen LogP contribution >= 0.6 is 0 Å². The van der Waals surface area contributed by atoms with Crippen molar-refractivity contribution in [2.24, 2.45) is 0 Å². The number of hydrogen-bond acceptors (Lipinski definition) is 6. The highest BCUT2D eigenvalue weighted by molar-refractivity contribution is 5.81. The highest BCUT2D eigenvalue weighted by atomic mass is 14.9. The van der Waals surface area contributed by atoms with Gasteiger partial charge in [-0.15, -0.1) is 0 Å². The van der Waals surface area contributed by atoms with Crippen molar-refractivity contribution in [3.63, 3.8) is 0 Å². The summed E-state index contributed by atoms with van der Waals surface area (Å²) in [6.45, 7) is 0. The van der Waals surface area contributed by atoms with E-state index in [1.165, 1.54) is 0 Å². The van der Waals surface area contributed by atoms with Crippen molar-refractivity contribution >= 4 is 0 Å². The summed E-state index contributed by atoms with van der Waals surface area (Å²) in [7, 11) is 0. The van der Waals surface area contributed by atoms with E-state index in [9.17, 15) is 0 Å². The zero-order valence-corrected chi connectivity index (χ0v) is 42.4. The first-order valence-corrected chi connectivity index (χ1v) is 26.1. The van der Waals surface area contributed by atoms with Gasteiger partial charge in [0, 0.05) is 55.6 Å². The summed E-state index contributed by atoms with van der Waals surface area (Å²) in [6.07, 6.45) is 0. The van der Waals surface area contributed by atoms with Crippen LogP contribution in [0.1, 0.15) is 0 Å². The molecule has 0 aliphatic rings. The molecule has 0 fully saturated rings. The predicted molar refractivity (Wildman–Crippen MR) is 318 cm³/mol. The fourth-order valence-corrected chi connectivity index (χ4v) is 9.82. The van der Waals surface area contributed by atoms with Crippen LogP contribution in [0.2, 0.25) is 0 Å². The van der Waals surface area contributed by atoms with E-state index in [-0.39, 0.29) is 0 Å². The van der Waals surface area contributed by atoms with Gasteiger partial charge in [0.1, 0.15) is 0 Å². The highest BCUT2D eigenvalue weighted by Crippen LogP contribution is 2.36. The second kappa shape index (κ2) is 21.4. The van der Waals surface area contributed by atoms with Gasteiger partial charge in [-0.25, -0.2) is 29.9 Å². The molecule has 0 radical (unpaired) electrons. The Morgan fingerprint density at radius 2 is 0.308 bits per heavy atom. The van der Waals surface area contributed by atoms with Crippen molar-refractivity contribution in [2.75, 3.05) is 0 Å². The summed E-state index contributed by atoms with van der Waals surface area (Å²) < 4.78 is 0. The van der Waals surface area contributed by atoms with E-state index in [0.29, 0.717) is 11.6 Å². The standard InChI is InChI=1S/C72H48N6/c1-7-19-49(20-8-1)61-43-63(51-23-11-3-12-24-51)73-65(45-61)53-31-35-55(36-32-53)67-47-69(77-71(75-67)59-27-15-5-16-28-59)57-39-41-58(42-40-57)70-48-68(76-72(78-70)60-29-17-6-18-30-60)56-37-33-54(34-38-56)66-46-62(50-21-9-2-10-22-50)44-64(74-66)52-25-13-4-14-26-52/h1-48H. The van der Waals surface area contributed by atoms with Crippen molar-refractivity contribution < 1.29 is 0 Å².